The Balaban J connectivity index is 1.49. The van der Waals surface area contributed by atoms with Gasteiger partial charge in [0.05, 0.1) is 10.9 Å². The summed E-state index contributed by atoms with van der Waals surface area (Å²) in [6.07, 6.45) is 1.39. The Kier molecular flexibility index (Phi) is 8.40. The molecule has 1 heterocycles. The second-order valence-corrected chi connectivity index (χ2v) is 10.5. The van der Waals surface area contributed by atoms with Crippen LogP contribution in [0.5, 0.6) is 0 Å². The Bertz CT molecular complexity index is 1100. The Morgan fingerprint density at radius 2 is 1.56 bits per heavy atom. The van der Waals surface area contributed by atoms with Crippen molar-refractivity contribution in [2.45, 2.75) is 56.6 Å². The summed E-state index contributed by atoms with van der Waals surface area (Å²) in [5.74, 6) is -0.816. The molecule has 1 fully saturated rings. The number of nitrogens with one attached hydrogen (secondary N) is 3. The number of hydrogen-bond acceptors (Lipinski definition) is 5. The predicted octanol–water partition coefficient (Wildman–Crippen LogP) is 2.73. The minimum atomic E-state index is -3.59. The summed E-state index contributed by atoms with van der Waals surface area (Å²) in [4.78, 5) is 27.2. The Hall–Kier alpha value is -2.82. The molecule has 0 saturated carbocycles. The maximum Gasteiger partial charge on any atom is 0.251 e. The van der Waals surface area contributed by atoms with E-state index in [1.165, 1.54) is 36.4 Å². The summed E-state index contributed by atoms with van der Waals surface area (Å²) in [5, 5.41) is 5.80. The number of carbonyl (C=O) groups excluding carboxylic acids is 2. The first-order valence-electron chi connectivity index (χ1n) is 11.3. The Morgan fingerprint density at radius 1 is 0.971 bits per heavy atom. The van der Waals surface area contributed by atoms with Gasteiger partial charge in [-0.3, -0.25) is 14.5 Å². The predicted molar refractivity (Wildman–Crippen MR) is 128 cm³/mol. The lowest BCUT2D eigenvalue weighted by Gasteiger charge is -2.35. The maximum absolute atomic E-state index is 13.0. The van der Waals surface area contributed by atoms with Crippen LogP contribution in [0.3, 0.4) is 0 Å². The molecule has 34 heavy (non-hydrogen) atoms. The normalized spacial score (nSPS) is 16.3. The van der Waals surface area contributed by atoms with E-state index in [0.717, 1.165) is 0 Å². The largest absolute Gasteiger partial charge is 0.349 e. The fourth-order valence-corrected chi connectivity index (χ4v) is 5.06. The monoisotopic (exact) mass is 490 g/mol. The van der Waals surface area contributed by atoms with E-state index in [-0.39, 0.29) is 40.7 Å². The SMILES string of the molecule is CC(C)NS(=O)(=O)c1ccc(NC(=O)C(C)N2CCC(NC(=O)c3ccc(F)cc3)CC2)cc1. The molecule has 10 heteroatoms. The molecule has 1 unspecified atom stereocenters. The fourth-order valence-electron chi connectivity index (χ4n) is 3.81. The molecule has 3 rings (SSSR count). The van der Waals surface area contributed by atoms with Crippen LogP contribution in [0.2, 0.25) is 0 Å². The van der Waals surface area contributed by atoms with Gasteiger partial charge in [-0.05, 0) is 82.1 Å². The van der Waals surface area contributed by atoms with E-state index in [2.05, 4.69) is 15.4 Å². The smallest absolute Gasteiger partial charge is 0.251 e. The number of benzene rings is 2. The number of hydrogen-bond donors (Lipinski definition) is 3. The van der Waals surface area contributed by atoms with Crippen molar-refractivity contribution < 1.29 is 22.4 Å². The molecule has 2 aromatic carbocycles. The van der Waals surface area contributed by atoms with Crippen LogP contribution in [-0.2, 0) is 14.8 Å². The van der Waals surface area contributed by atoms with Gasteiger partial charge < -0.3 is 10.6 Å². The maximum atomic E-state index is 13.0. The van der Waals surface area contributed by atoms with Crippen LogP contribution in [0, 0.1) is 5.82 Å². The molecular weight excluding hydrogens is 459 g/mol. The highest BCUT2D eigenvalue weighted by atomic mass is 32.2. The Labute approximate surface area is 200 Å². The van der Waals surface area contributed by atoms with Crippen molar-refractivity contribution in [3.8, 4) is 0 Å². The van der Waals surface area contributed by atoms with E-state index < -0.39 is 10.0 Å². The minimum Gasteiger partial charge on any atom is -0.349 e. The molecule has 0 bridgehead atoms. The average Bonchev–Trinajstić information content (AvgIpc) is 2.79. The van der Waals surface area contributed by atoms with Crippen LogP contribution in [-0.4, -0.2) is 56.3 Å². The first-order chi connectivity index (χ1) is 16.0. The van der Waals surface area contributed by atoms with Crippen molar-refractivity contribution in [3.05, 3.63) is 59.9 Å². The van der Waals surface area contributed by atoms with E-state index in [1.807, 2.05) is 11.8 Å². The molecule has 1 aliphatic rings. The first kappa shape index (κ1) is 25.8. The van der Waals surface area contributed by atoms with Gasteiger partial charge in [-0.1, -0.05) is 0 Å². The number of nitrogens with zero attached hydrogens (tertiary/aromatic N) is 1. The van der Waals surface area contributed by atoms with Gasteiger partial charge in [0, 0.05) is 36.4 Å². The molecule has 2 amide bonds. The van der Waals surface area contributed by atoms with Crippen LogP contribution in [0.15, 0.2) is 53.4 Å². The molecule has 8 nitrogen and oxygen atoms in total. The number of piperidine rings is 1. The third-order valence-corrected chi connectivity index (χ3v) is 7.40. The number of sulfonamides is 1. The third-order valence-electron chi connectivity index (χ3n) is 5.72. The molecular formula is C24H31FN4O4S. The van der Waals surface area contributed by atoms with Crippen molar-refractivity contribution in [3.63, 3.8) is 0 Å². The number of rotatable bonds is 8. The molecule has 0 radical (unpaired) electrons. The van der Waals surface area contributed by atoms with E-state index in [9.17, 15) is 22.4 Å². The lowest BCUT2D eigenvalue weighted by atomic mass is 10.0. The summed E-state index contributed by atoms with van der Waals surface area (Å²) in [6, 6.07) is 10.8. The molecule has 184 valence electrons. The molecule has 0 aliphatic carbocycles. The topological polar surface area (TPSA) is 108 Å². The number of amides is 2. The second-order valence-electron chi connectivity index (χ2n) is 8.76. The summed E-state index contributed by atoms with van der Waals surface area (Å²) in [7, 11) is -3.59. The van der Waals surface area contributed by atoms with Crippen LogP contribution in [0.25, 0.3) is 0 Å². The molecule has 1 aliphatic heterocycles. The van der Waals surface area contributed by atoms with Gasteiger partial charge in [-0.15, -0.1) is 0 Å². The van der Waals surface area contributed by atoms with Crippen molar-refractivity contribution in [1.29, 1.82) is 0 Å². The third kappa shape index (κ3) is 6.85. The van der Waals surface area contributed by atoms with Crippen molar-refractivity contribution in [2.75, 3.05) is 18.4 Å². The van der Waals surface area contributed by atoms with Crippen molar-refractivity contribution in [2.24, 2.45) is 0 Å². The number of anilines is 1. The highest BCUT2D eigenvalue weighted by molar-refractivity contribution is 7.89. The van der Waals surface area contributed by atoms with Crippen LogP contribution in [0.4, 0.5) is 10.1 Å². The second kappa shape index (κ2) is 11.1. The first-order valence-corrected chi connectivity index (χ1v) is 12.8. The average molecular weight is 491 g/mol. The summed E-state index contributed by atoms with van der Waals surface area (Å²) < 4.78 is 40.0. The highest BCUT2D eigenvalue weighted by Crippen LogP contribution is 2.18. The van der Waals surface area contributed by atoms with Crippen molar-refractivity contribution in [1.82, 2.24) is 14.9 Å². The zero-order chi connectivity index (χ0) is 24.9. The number of halogens is 1. The molecule has 1 saturated heterocycles. The highest BCUT2D eigenvalue weighted by Gasteiger charge is 2.27. The summed E-state index contributed by atoms with van der Waals surface area (Å²) >= 11 is 0. The lowest BCUT2D eigenvalue weighted by Crippen LogP contribution is -2.50. The van der Waals surface area contributed by atoms with Crippen molar-refractivity contribution >= 4 is 27.5 Å². The number of likely N-dealkylation sites (tertiary alicyclic amines) is 1. The van der Waals surface area contributed by atoms with Gasteiger partial charge in [0.2, 0.25) is 15.9 Å². The zero-order valence-corrected chi connectivity index (χ0v) is 20.4. The Morgan fingerprint density at radius 3 is 2.12 bits per heavy atom. The zero-order valence-electron chi connectivity index (χ0n) is 19.5. The van der Waals surface area contributed by atoms with Gasteiger partial charge in [-0.25, -0.2) is 17.5 Å². The molecule has 3 N–H and O–H groups in total. The van der Waals surface area contributed by atoms with E-state index >= 15 is 0 Å². The fraction of sp³-hybridized carbons (Fsp3) is 0.417. The quantitative estimate of drug-likeness (QED) is 0.528. The molecule has 1 atom stereocenters. The molecule has 0 spiro atoms. The number of carbonyl (C=O) groups is 2. The van der Waals surface area contributed by atoms with Gasteiger partial charge in [-0.2, -0.15) is 0 Å². The van der Waals surface area contributed by atoms with Crippen LogP contribution < -0.4 is 15.4 Å². The molecule has 0 aromatic heterocycles. The molecule has 2 aromatic rings. The van der Waals surface area contributed by atoms with E-state index in [0.29, 0.717) is 37.2 Å². The van der Waals surface area contributed by atoms with Gasteiger partial charge in [0.15, 0.2) is 0 Å². The van der Waals surface area contributed by atoms with Crippen LogP contribution in [0.1, 0.15) is 44.0 Å². The minimum absolute atomic E-state index is 0.0157. The van der Waals surface area contributed by atoms with Gasteiger partial charge >= 0.3 is 0 Å². The standard InChI is InChI=1S/C24H31FN4O4S/c1-16(2)28-34(32,33)22-10-8-20(9-11-22)26-23(30)17(3)29-14-12-21(13-15-29)27-24(31)18-4-6-19(25)7-5-18/h4-11,16-17,21,28H,12-15H2,1-3H3,(H,26,30)(H,27,31). The van der Waals surface area contributed by atoms with Crippen LogP contribution >= 0.6 is 0 Å². The van der Waals surface area contributed by atoms with Gasteiger partial charge in [0.25, 0.3) is 5.91 Å². The van der Waals surface area contributed by atoms with E-state index in [1.54, 1.807) is 26.0 Å². The summed E-state index contributed by atoms with van der Waals surface area (Å²) in [5.41, 5.74) is 0.928. The lowest BCUT2D eigenvalue weighted by molar-refractivity contribution is -0.121. The summed E-state index contributed by atoms with van der Waals surface area (Å²) in [6.45, 7) is 6.59. The van der Waals surface area contributed by atoms with Gasteiger partial charge in [0.1, 0.15) is 5.82 Å². The van der Waals surface area contributed by atoms with E-state index in [4.69, 9.17) is 0 Å².